The lowest BCUT2D eigenvalue weighted by Gasteiger charge is -2.06. The van der Waals surface area contributed by atoms with Gasteiger partial charge < -0.3 is 14.6 Å². The average molecular weight is 413 g/mol. The Bertz CT molecular complexity index is 1170. The molecule has 0 bridgehead atoms. The molecular weight excluding hydrogens is 390 g/mol. The molecule has 0 spiro atoms. The van der Waals surface area contributed by atoms with Gasteiger partial charge in [0, 0.05) is 23.2 Å². The van der Waals surface area contributed by atoms with Crippen molar-refractivity contribution >= 4 is 11.6 Å². The predicted molar refractivity (Wildman–Crippen MR) is 120 cm³/mol. The maximum absolute atomic E-state index is 12.3. The summed E-state index contributed by atoms with van der Waals surface area (Å²) in [5.74, 6) is 1.77. The molecule has 0 aliphatic carbocycles. The second-order valence-electron chi connectivity index (χ2n) is 7.21. The number of hydrogen-bond acceptors (Lipinski definition) is 5. The second kappa shape index (κ2) is 9.26. The first-order chi connectivity index (χ1) is 15.1. The van der Waals surface area contributed by atoms with Crippen LogP contribution in [-0.2, 0) is 11.2 Å². The molecule has 6 heteroatoms. The van der Waals surface area contributed by atoms with Gasteiger partial charge in [0.2, 0.25) is 11.7 Å². The average Bonchev–Trinajstić information content (AvgIpc) is 3.29. The molecule has 0 atom stereocenters. The predicted octanol–water partition coefficient (Wildman–Crippen LogP) is 5.29. The molecule has 1 aromatic heterocycles. The number of aryl methyl sites for hydroxylation is 2. The molecule has 6 nitrogen and oxygen atoms in total. The topological polar surface area (TPSA) is 77.2 Å². The molecule has 4 aromatic rings. The van der Waals surface area contributed by atoms with E-state index in [1.165, 1.54) is 0 Å². The molecule has 0 fully saturated rings. The van der Waals surface area contributed by atoms with Crippen molar-refractivity contribution in [2.75, 3.05) is 12.4 Å². The largest absolute Gasteiger partial charge is 0.497 e. The van der Waals surface area contributed by atoms with Crippen LogP contribution in [-0.4, -0.2) is 23.2 Å². The van der Waals surface area contributed by atoms with E-state index < -0.39 is 0 Å². The third-order valence-electron chi connectivity index (χ3n) is 5.03. The molecule has 156 valence electrons. The quantitative estimate of drug-likeness (QED) is 0.445. The number of anilines is 1. The second-order valence-corrected chi connectivity index (χ2v) is 7.21. The van der Waals surface area contributed by atoms with Crippen LogP contribution >= 0.6 is 0 Å². The molecule has 0 unspecified atom stereocenters. The Morgan fingerprint density at radius 2 is 1.74 bits per heavy atom. The number of rotatable bonds is 7. The summed E-state index contributed by atoms with van der Waals surface area (Å²) in [7, 11) is 1.63. The van der Waals surface area contributed by atoms with Gasteiger partial charge in [-0.2, -0.15) is 4.98 Å². The molecule has 0 radical (unpaired) electrons. The minimum Gasteiger partial charge on any atom is -0.497 e. The minimum atomic E-state index is -0.0371. The highest BCUT2D eigenvalue weighted by molar-refractivity contribution is 5.91. The van der Waals surface area contributed by atoms with E-state index >= 15 is 0 Å². The third-order valence-corrected chi connectivity index (χ3v) is 5.03. The first-order valence-electron chi connectivity index (χ1n) is 10.1. The summed E-state index contributed by atoms with van der Waals surface area (Å²) in [6, 6.07) is 23.0. The van der Waals surface area contributed by atoms with Crippen molar-refractivity contribution in [2.24, 2.45) is 0 Å². The minimum absolute atomic E-state index is 0.0371. The van der Waals surface area contributed by atoms with E-state index in [0.29, 0.717) is 24.6 Å². The number of aromatic nitrogens is 2. The number of carbonyl (C=O) groups excluding carboxylic acids is 1. The molecule has 1 amide bonds. The SMILES string of the molecule is COc1ccc(CCC(=O)Nc2ccc(-c3noc(-c4ccccc4C)n3)cc2)cc1. The molecular formula is C25H23N3O3. The lowest BCUT2D eigenvalue weighted by atomic mass is 10.1. The van der Waals surface area contributed by atoms with Crippen LogP contribution in [0.5, 0.6) is 5.75 Å². The van der Waals surface area contributed by atoms with E-state index in [4.69, 9.17) is 9.26 Å². The maximum atomic E-state index is 12.3. The fraction of sp³-hybridized carbons (Fsp3) is 0.160. The van der Waals surface area contributed by atoms with Crippen LogP contribution in [0.4, 0.5) is 5.69 Å². The Kier molecular flexibility index (Phi) is 6.08. The Hall–Kier alpha value is -3.93. The third kappa shape index (κ3) is 4.98. The first kappa shape index (κ1) is 20.3. The van der Waals surface area contributed by atoms with Crippen LogP contribution in [0.3, 0.4) is 0 Å². The Labute approximate surface area is 180 Å². The zero-order valence-electron chi connectivity index (χ0n) is 17.5. The van der Waals surface area contributed by atoms with Gasteiger partial charge in [0.25, 0.3) is 5.89 Å². The molecule has 31 heavy (non-hydrogen) atoms. The van der Waals surface area contributed by atoms with Gasteiger partial charge in [0.05, 0.1) is 7.11 Å². The van der Waals surface area contributed by atoms with Crippen molar-refractivity contribution in [2.45, 2.75) is 19.8 Å². The van der Waals surface area contributed by atoms with Crippen LogP contribution in [0.1, 0.15) is 17.5 Å². The number of nitrogens with one attached hydrogen (secondary N) is 1. The number of nitrogens with zero attached hydrogens (tertiary/aromatic N) is 2. The van der Waals surface area contributed by atoms with Gasteiger partial charge in [-0.25, -0.2) is 0 Å². The molecule has 1 heterocycles. The van der Waals surface area contributed by atoms with Gasteiger partial charge >= 0.3 is 0 Å². The van der Waals surface area contributed by atoms with Crippen molar-refractivity contribution in [3.8, 4) is 28.6 Å². The molecule has 0 saturated carbocycles. The molecule has 3 aromatic carbocycles. The summed E-state index contributed by atoms with van der Waals surface area (Å²) in [5.41, 5.74) is 4.63. The van der Waals surface area contributed by atoms with Crippen molar-refractivity contribution < 1.29 is 14.1 Å². The van der Waals surface area contributed by atoms with Crippen molar-refractivity contribution in [1.29, 1.82) is 0 Å². The van der Waals surface area contributed by atoms with Gasteiger partial charge in [-0.05, 0) is 66.9 Å². The van der Waals surface area contributed by atoms with Gasteiger partial charge in [-0.15, -0.1) is 0 Å². The van der Waals surface area contributed by atoms with Gasteiger partial charge in [-0.3, -0.25) is 4.79 Å². The van der Waals surface area contributed by atoms with Crippen LogP contribution < -0.4 is 10.1 Å². The smallest absolute Gasteiger partial charge is 0.258 e. The van der Waals surface area contributed by atoms with Gasteiger partial charge in [0.1, 0.15) is 5.75 Å². The van der Waals surface area contributed by atoms with E-state index in [1.54, 1.807) is 7.11 Å². The Morgan fingerprint density at radius 1 is 1.00 bits per heavy atom. The van der Waals surface area contributed by atoms with E-state index in [2.05, 4.69) is 15.5 Å². The van der Waals surface area contributed by atoms with Gasteiger partial charge in [0.15, 0.2) is 0 Å². The van der Waals surface area contributed by atoms with Crippen molar-refractivity contribution in [3.05, 3.63) is 83.9 Å². The highest BCUT2D eigenvalue weighted by Gasteiger charge is 2.12. The normalized spacial score (nSPS) is 10.6. The summed E-state index contributed by atoms with van der Waals surface area (Å²) >= 11 is 0. The zero-order valence-corrected chi connectivity index (χ0v) is 17.5. The highest BCUT2D eigenvalue weighted by atomic mass is 16.5. The standard InChI is InChI=1S/C25H23N3O3/c1-17-5-3-4-6-22(17)25-27-24(28-31-25)19-10-12-20(13-11-19)26-23(29)16-9-18-7-14-21(30-2)15-8-18/h3-8,10-15H,9,16H2,1-2H3,(H,26,29). The van der Waals surface area contributed by atoms with E-state index in [-0.39, 0.29) is 5.91 Å². The number of carbonyl (C=O) groups is 1. The summed E-state index contributed by atoms with van der Waals surface area (Å²) in [6.07, 6.45) is 1.07. The number of hydrogen-bond donors (Lipinski definition) is 1. The fourth-order valence-corrected chi connectivity index (χ4v) is 3.24. The van der Waals surface area contributed by atoms with Gasteiger partial charge in [-0.1, -0.05) is 35.5 Å². The van der Waals surface area contributed by atoms with Crippen LogP contribution in [0.15, 0.2) is 77.3 Å². The van der Waals surface area contributed by atoms with Crippen LogP contribution in [0, 0.1) is 6.92 Å². The first-order valence-corrected chi connectivity index (χ1v) is 10.1. The van der Waals surface area contributed by atoms with E-state index in [1.807, 2.05) is 79.7 Å². The molecule has 1 N–H and O–H groups in total. The summed E-state index contributed by atoms with van der Waals surface area (Å²) < 4.78 is 10.6. The molecule has 0 aliphatic rings. The van der Waals surface area contributed by atoms with Crippen molar-refractivity contribution in [3.63, 3.8) is 0 Å². The van der Waals surface area contributed by atoms with Crippen LogP contribution in [0.2, 0.25) is 0 Å². The zero-order chi connectivity index (χ0) is 21.6. The Balaban J connectivity index is 1.36. The number of ether oxygens (including phenoxy) is 1. The summed E-state index contributed by atoms with van der Waals surface area (Å²) in [5, 5.41) is 7.01. The molecule has 0 aliphatic heterocycles. The van der Waals surface area contributed by atoms with E-state index in [0.717, 1.165) is 33.7 Å². The van der Waals surface area contributed by atoms with E-state index in [9.17, 15) is 4.79 Å². The van der Waals surface area contributed by atoms with Crippen molar-refractivity contribution in [1.82, 2.24) is 10.1 Å². The monoisotopic (exact) mass is 413 g/mol. The Morgan fingerprint density at radius 3 is 2.45 bits per heavy atom. The highest BCUT2D eigenvalue weighted by Crippen LogP contribution is 2.25. The van der Waals surface area contributed by atoms with Crippen LogP contribution in [0.25, 0.3) is 22.8 Å². The lowest BCUT2D eigenvalue weighted by Crippen LogP contribution is -2.12. The maximum Gasteiger partial charge on any atom is 0.258 e. The number of methoxy groups -OCH3 is 1. The molecule has 4 rings (SSSR count). The molecule has 0 saturated heterocycles. The fourth-order valence-electron chi connectivity index (χ4n) is 3.24. The number of benzene rings is 3. The summed E-state index contributed by atoms with van der Waals surface area (Å²) in [6.45, 7) is 2.01. The number of amides is 1. The lowest BCUT2D eigenvalue weighted by molar-refractivity contribution is -0.116. The summed E-state index contributed by atoms with van der Waals surface area (Å²) in [4.78, 5) is 16.8.